The fraction of sp³-hybridized carbons (Fsp3) is 0. The molecule has 122 valence electrons. The summed E-state index contributed by atoms with van der Waals surface area (Å²) >= 11 is 6.61. The van der Waals surface area contributed by atoms with E-state index in [1.807, 2.05) is 42.5 Å². The number of thiocarbonyl (C=S) groups is 1. The number of anilines is 1. The molecule has 1 aliphatic heterocycles. The number of carbonyl (C=O) groups is 1. The molecule has 4 rings (SSSR count). The molecule has 3 aromatic carbocycles. The number of benzene rings is 3. The number of halogens is 1. The number of nitrogens with zero attached hydrogens (tertiary/aromatic N) is 1. The second-order valence-electron chi connectivity index (χ2n) is 5.54. The van der Waals surface area contributed by atoms with Gasteiger partial charge in [0.05, 0.1) is 10.6 Å². The zero-order chi connectivity index (χ0) is 17.4. The topological polar surface area (TPSA) is 20.3 Å². The first-order chi connectivity index (χ1) is 12.1. The predicted molar refractivity (Wildman–Crippen MR) is 106 cm³/mol. The zero-order valence-electron chi connectivity index (χ0n) is 13.0. The van der Waals surface area contributed by atoms with Crippen molar-refractivity contribution in [1.82, 2.24) is 0 Å². The van der Waals surface area contributed by atoms with Crippen LogP contribution >= 0.6 is 24.0 Å². The summed E-state index contributed by atoms with van der Waals surface area (Å²) < 4.78 is 14.3. The molecule has 2 nitrogen and oxygen atoms in total. The maximum atomic E-state index is 13.9. The van der Waals surface area contributed by atoms with Gasteiger partial charge < -0.3 is 0 Å². The monoisotopic (exact) mass is 365 g/mol. The van der Waals surface area contributed by atoms with Crippen LogP contribution in [0.4, 0.5) is 10.1 Å². The molecular formula is C20H12FNOS2. The van der Waals surface area contributed by atoms with Gasteiger partial charge in [-0.1, -0.05) is 78.6 Å². The van der Waals surface area contributed by atoms with E-state index in [-0.39, 0.29) is 11.7 Å². The Balaban J connectivity index is 1.79. The minimum atomic E-state index is -0.363. The van der Waals surface area contributed by atoms with E-state index in [1.165, 1.54) is 22.7 Å². The molecule has 0 bridgehead atoms. The number of rotatable bonds is 2. The number of hydrogen-bond acceptors (Lipinski definition) is 3. The standard InChI is InChI=1S/C20H12FNOS2/c21-16-10-4-2-7-14(16)12-18-19(23)22(20(24)25-18)17-11-5-8-13-6-1-3-9-15(13)17/h1-12H. The molecule has 1 amide bonds. The Morgan fingerprint density at radius 2 is 1.68 bits per heavy atom. The van der Waals surface area contributed by atoms with E-state index in [2.05, 4.69) is 0 Å². The fourth-order valence-electron chi connectivity index (χ4n) is 2.81. The number of carbonyl (C=O) groups excluding carboxylic acids is 1. The van der Waals surface area contributed by atoms with Crippen LogP contribution in [0.3, 0.4) is 0 Å². The van der Waals surface area contributed by atoms with Crippen molar-refractivity contribution in [3.8, 4) is 0 Å². The van der Waals surface area contributed by atoms with Crippen LogP contribution < -0.4 is 4.90 Å². The maximum Gasteiger partial charge on any atom is 0.270 e. The predicted octanol–water partition coefficient (Wildman–Crippen LogP) is 5.38. The molecular weight excluding hydrogens is 353 g/mol. The van der Waals surface area contributed by atoms with Crippen LogP contribution in [0.5, 0.6) is 0 Å². The van der Waals surface area contributed by atoms with Crippen LogP contribution in [0.25, 0.3) is 16.8 Å². The molecule has 25 heavy (non-hydrogen) atoms. The summed E-state index contributed by atoms with van der Waals surface area (Å²) in [6.45, 7) is 0. The van der Waals surface area contributed by atoms with Crippen LogP contribution in [0.1, 0.15) is 5.56 Å². The lowest BCUT2D eigenvalue weighted by atomic mass is 10.1. The Labute approximate surface area is 154 Å². The van der Waals surface area contributed by atoms with Crippen molar-refractivity contribution in [3.05, 3.63) is 83.0 Å². The minimum absolute atomic E-state index is 0.227. The zero-order valence-corrected chi connectivity index (χ0v) is 14.6. The lowest BCUT2D eigenvalue weighted by Gasteiger charge is -2.17. The third-order valence-electron chi connectivity index (χ3n) is 3.99. The molecule has 0 N–H and O–H groups in total. The van der Waals surface area contributed by atoms with E-state index in [0.717, 1.165) is 16.5 Å². The molecule has 1 aliphatic rings. The first-order valence-electron chi connectivity index (χ1n) is 7.65. The van der Waals surface area contributed by atoms with Crippen molar-refractivity contribution in [3.63, 3.8) is 0 Å². The first-order valence-corrected chi connectivity index (χ1v) is 8.88. The molecule has 1 saturated heterocycles. The van der Waals surface area contributed by atoms with Crippen LogP contribution in [0.2, 0.25) is 0 Å². The second kappa shape index (κ2) is 6.43. The largest absolute Gasteiger partial charge is 0.270 e. The summed E-state index contributed by atoms with van der Waals surface area (Å²) in [5.74, 6) is -0.590. The highest BCUT2D eigenvalue weighted by molar-refractivity contribution is 8.27. The molecule has 0 unspecified atom stereocenters. The molecule has 0 radical (unpaired) electrons. The lowest BCUT2D eigenvalue weighted by molar-refractivity contribution is -0.113. The van der Waals surface area contributed by atoms with Gasteiger partial charge in [0.15, 0.2) is 4.32 Å². The molecule has 5 heteroatoms. The molecule has 0 atom stereocenters. The summed E-state index contributed by atoms with van der Waals surface area (Å²) in [6.07, 6.45) is 1.56. The van der Waals surface area contributed by atoms with Crippen molar-refractivity contribution < 1.29 is 9.18 Å². The minimum Gasteiger partial charge on any atom is -0.268 e. The van der Waals surface area contributed by atoms with E-state index < -0.39 is 0 Å². The van der Waals surface area contributed by atoms with E-state index in [9.17, 15) is 9.18 Å². The third-order valence-corrected chi connectivity index (χ3v) is 5.30. The van der Waals surface area contributed by atoms with Gasteiger partial charge in [0.2, 0.25) is 0 Å². The van der Waals surface area contributed by atoms with Crippen molar-refractivity contribution in [1.29, 1.82) is 0 Å². The highest BCUT2D eigenvalue weighted by Crippen LogP contribution is 2.38. The fourth-order valence-corrected chi connectivity index (χ4v) is 4.09. The Morgan fingerprint density at radius 1 is 0.960 bits per heavy atom. The Morgan fingerprint density at radius 3 is 2.52 bits per heavy atom. The van der Waals surface area contributed by atoms with Crippen molar-refractivity contribution in [2.24, 2.45) is 0 Å². The average Bonchev–Trinajstić information content (AvgIpc) is 2.90. The van der Waals surface area contributed by atoms with Gasteiger partial charge in [-0.3, -0.25) is 9.69 Å². The van der Waals surface area contributed by atoms with Gasteiger partial charge >= 0.3 is 0 Å². The highest BCUT2D eigenvalue weighted by Gasteiger charge is 2.34. The Bertz CT molecular complexity index is 1040. The maximum absolute atomic E-state index is 13.9. The van der Waals surface area contributed by atoms with E-state index in [0.29, 0.717) is 14.8 Å². The average molecular weight is 365 g/mol. The van der Waals surface area contributed by atoms with Gasteiger partial charge in [-0.05, 0) is 23.6 Å². The molecule has 1 heterocycles. The Kier molecular flexibility index (Phi) is 4.11. The van der Waals surface area contributed by atoms with E-state index in [1.54, 1.807) is 24.3 Å². The molecule has 0 spiro atoms. The quantitative estimate of drug-likeness (QED) is 0.449. The SMILES string of the molecule is O=C1C(=Cc2ccccc2F)SC(=S)N1c1cccc2ccccc12. The lowest BCUT2D eigenvalue weighted by Crippen LogP contribution is -2.27. The highest BCUT2D eigenvalue weighted by atomic mass is 32.2. The summed E-state index contributed by atoms with van der Waals surface area (Å²) in [5, 5.41) is 1.99. The normalized spacial score (nSPS) is 16.2. The Hall–Kier alpha value is -2.50. The van der Waals surface area contributed by atoms with Gasteiger partial charge in [0.1, 0.15) is 5.82 Å². The van der Waals surface area contributed by atoms with Gasteiger partial charge in [-0.25, -0.2) is 4.39 Å². The van der Waals surface area contributed by atoms with Gasteiger partial charge in [-0.2, -0.15) is 0 Å². The van der Waals surface area contributed by atoms with E-state index in [4.69, 9.17) is 12.2 Å². The molecule has 3 aromatic rings. The van der Waals surface area contributed by atoms with Crippen molar-refractivity contribution in [2.45, 2.75) is 0 Å². The van der Waals surface area contributed by atoms with Crippen molar-refractivity contribution >= 4 is 56.7 Å². The number of amides is 1. The van der Waals surface area contributed by atoms with Crippen LogP contribution in [-0.4, -0.2) is 10.2 Å². The molecule has 0 aromatic heterocycles. The summed E-state index contributed by atoms with van der Waals surface area (Å²) in [6, 6.07) is 20.0. The summed E-state index contributed by atoms with van der Waals surface area (Å²) in [4.78, 5) is 14.8. The summed E-state index contributed by atoms with van der Waals surface area (Å²) in [7, 11) is 0. The van der Waals surface area contributed by atoms with Crippen LogP contribution in [-0.2, 0) is 4.79 Å². The second-order valence-corrected chi connectivity index (χ2v) is 7.21. The van der Waals surface area contributed by atoms with Crippen LogP contribution in [0, 0.1) is 5.82 Å². The van der Waals surface area contributed by atoms with E-state index >= 15 is 0 Å². The third kappa shape index (κ3) is 2.86. The van der Waals surface area contributed by atoms with Crippen LogP contribution in [0.15, 0.2) is 71.6 Å². The smallest absolute Gasteiger partial charge is 0.268 e. The summed E-state index contributed by atoms with van der Waals surface area (Å²) in [5.41, 5.74) is 1.12. The van der Waals surface area contributed by atoms with Crippen molar-refractivity contribution in [2.75, 3.05) is 4.90 Å². The number of hydrogen-bond donors (Lipinski definition) is 0. The number of thioether (sulfide) groups is 1. The number of fused-ring (bicyclic) bond motifs is 1. The molecule has 0 saturated carbocycles. The van der Waals surface area contributed by atoms with Gasteiger partial charge in [-0.15, -0.1) is 0 Å². The molecule has 0 aliphatic carbocycles. The van der Waals surface area contributed by atoms with Gasteiger partial charge in [0, 0.05) is 10.9 Å². The van der Waals surface area contributed by atoms with Gasteiger partial charge in [0.25, 0.3) is 5.91 Å². The first kappa shape index (κ1) is 16.0. The molecule has 1 fully saturated rings.